The summed E-state index contributed by atoms with van der Waals surface area (Å²) in [5, 5.41) is 3.48. The largest absolute Gasteiger partial charge is 0.317 e. The minimum absolute atomic E-state index is 0.755. The maximum Gasteiger partial charge on any atom is 0.0334 e. The van der Waals surface area contributed by atoms with Crippen molar-refractivity contribution in [1.82, 2.24) is 10.2 Å². The molecule has 1 aromatic rings. The highest BCUT2D eigenvalue weighted by molar-refractivity contribution is 7.12. The van der Waals surface area contributed by atoms with Crippen molar-refractivity contribution in [2.75, 3.05) is 7.05 Å². The number of nitrogens with one attached hydrogen (secondary N) is 1. The zero-order valence-corrected chi connectivity index (χ0v) is 12.5. The summed E-state index contributed by atoms with van der Waals surface area (Å²) in [5.41, 5.74) is 1.47. The lowest BCUT2D eigenvalue weighted by atomic mass is 9.97. The van der Waals surface area contributed by atoms with E-state index in [0.29, 0.717) is 0 Å². The number of nitrogens with zero attached hydrogens (tertiary/aromatic N) is 1. The molecule has 2 aliphatic rings. The second-order valence-electron chi connectivity index (χ2n) is 5.97. The SMILES string of the molecule is CNC1CC2CCC(C1)N2Cc1cc(C)c(C)s1. The Balaban J connectivity index is 1.71. The summed E-state index contributed by atoms with van der Waals surface area (Å²) < 4.78 is 0. The predicted octanol–water partition coefficient (Wildman–Crippen LogP) is 3.08. The fourth-order valence-corrected chi connectivity index (χ4v) is 4.74. The van der Waals surface area contributed by atoms with Gasteiger partial charge in [0.1, 0.15) is 0 Å². The van der Waals surface area contributed by atoms with Crippen LogP contribution in [0.4, 0.5) is 0 Å². The van der Waals surface area contributed by atoms with E-state index in [1.165, 1.54) is 42.7 Å². The number of thiophene rings is 1. The molecule has 0 radical (unpaired) electrons. The van der Waals surface area contributed by atoms with Crippen molar-refractivity contribution in [2.24, 2.45) is 0 Å². The van der Waals surface area contributed by atoms with Crippen LogP contribution in [0.2, 0.25) is 0 Å². The Kier molecular flexibility index (Phi) is 3.48. The summed E-state index contributed by atoms with van der Waals surface area (Å²) in [6.45, 7) is 5.66. The highest BCUT2D eigenvalue weighted by atomic mass is 32.1. The van der Waals surface area contributed by atoms with Crippen LogP contribution in [0.25, 0.3) is 0 Å². The van der Waals surface area contributed by atoms with Crippen molar-refractivity contribution in [3.8, 4) is 0 Å². The van der Waals surface area contributed by atoms with Gasteiger partial charge < -0.3 is 5.32 Å². The molecule has 0 spiro atoms. The summed E-state index contributed by atoms with van der Waals surface area (Å²) in [4.78, 5) is 5.82. The summed E-state index contributed by atoms with van der Waals surface area (Å²) in [6.07, 6.45) is 5.51. The van der Waals surface area contributed by atoms with Crippen LogP contribution in [0.5, 0.6) is 0 Å². The van der Waals surface area contributed by atoms with E-state index >= 15 is 0 Å². The molecule has 2 nitrogen and oxygen atoms in total. The van der Waals surface area contributed by atoms with Gasteiger partial charge in [-0.3, -0.25) is 4.90 Å². The zero-order chi connectivity index (χ0) is 12.7. The lowest BCUT2D eigenvalue weighted by molar-refractivity contribution is 0.113. The van der Waals surface area contributed by atoms with Gasteiger partial charge in [0.15, 0.2) is 0 Å². The zero-order valence-electron chi connectivity index (χ0n) is 11.7. The Labute approximate surface area is 114 Å². The summed E-state index contributed by atoms with van der Waals surface area (Å²) in [7, 11) is 2.12. The Morgan fingerprint density at radius 2 is 1.94 bits per heavy atom. The Morgan fingerprint density at radius 3 is 2.44 bits per heavy atom. The molecule has 100 valence electrons. The van der Waals surface area contributed by atoms with Gasteiger partial charge in [-0.25, -0.2) is 0 Å². The van der Waals surface area contributed by atoms with Gasteiger partial charge >= 0.3 is 0 Å². The molecule has 0 aliphatic carbocycles. The first kappa shape index (κ1) is 12.6. The van der Waals surface area contributed by atoms with Crippen LogP contribution in [-0.2, 0) is 6.54 Å². The molecule has 0 aromatic carbocycles. The average molecular weight is 264 g/mol. The van der Waals surface area contributed by atoms with Crippen LogP contribution >= 0.6 is 11.3 Å². The van der Waals surface area contributed by atoms with Gasteiger partial charge in [0.25, 0.3) is 0 Å². The van der Waals surface area contributed by atoms with E-state index in [1.54, 1.807) is 4.88 Å². The molecule has 1 N–H and O–H groups in total. The number of fused-ring (bicyclic) bond motifs is 2. The summed E-state index contributed by atoms with van der Waals surface area (Å²) in [5.74, 6) is 0. The van der Waals surface area contributed by atoms with Gasteiger partial charge in [-0.1, -0.05) is 0 Å². The minimum Gasteiger partial charge on any atom is -0.317 e. The third-order valence-corrected chi connectivity index (χ3v) is 5.99. The van der Waals surface area contributed by atoms with E-state index in [0.717, 1.165) is 18.1 Å². The maximum atomic E-state index is 3.48. The molecule has 18 heavy (non-hydrogen) atoms. The van der Waals surface area contributed by atoms with Crippen LogP contribution in [-0.4, -0.2) is 30.1 Å². The van der Waals surface area contributed by atoms with E-state index in [-0.39, 0.29) is 0 Å². The molecule has 2 bridgehead atoms. The topological polar surface area (TPSA) is 15.3 Å². The van der Waals surface area contributed by atoms with Gasteiger partial charge in [0.05, 0.1) is 0 Å². The lowest BCUT2D eigenvalue weighted by Gasteiger charge is -2.38. The van der Waals surface area contributed by atoms with Crippen molar-refractivity contribution in [1.29, 1.82) is 0 Å². The second kappa shape index (κ2) is 4.95. The molecule has 2 atom stereocenters. The molecule has 3 heteroatoms. The number of aryl methyl sites for hydroxylation is 2. The average Bonchev–Trinajstić information content (AvgIpc) is 2.77. The standard InChI is InChI=1S/C15H24N2S/c1-10-6-15(18-11(10)2)9-17-13-4-5-14(17)8-12(7-13)16-3/h6,12-14,16H,4-5,7-9H2,1-3H3. The molecule has 2 fully saturated rings. The highest BCUT2D eigenvalue weighted by Gasteiger charge is 2.40. The maximum absolute atomic E-state index is 3.48. The number of rotatable bonds is 3. The van der Waals surface area contributed by atoms with E-state index in [1.807, 2.05) is 11.3 Å². The van der Waals surface area contributed by atoms with Gasteiger partial charge in [-0.05, 0) is 58.2 Å². The number of hydrogen-bond acceptors (Lipinski definition) is 3. The monoisotopic (exact) mass is 264 g/mol. The number of piperidine rings is 1. The second-order valence-corrected chi connectivity index (χ2v) is 7.31. The predicted molar refractivity (Wildman–Crippen MR) is 78.2 cm³/mol. The Bertz CT molecular complexity index is 393. The van der Waals surface area contributed by atoms with Crippen molar-refractivity contribution >= 4 is 11.3 Å². The lowest BCUT2D eigenvalue weighted by Crippen LogP contribution is -2.47. The fraction of sp³-hybridized carbons (Fsp3) is 0.733. The first-order valence-electron chi connectivity index (χ1n) is 7.16. The van der Waals surface area contributed by atoms with Gasteiger partial charge in [-0.15, -0.1) is 11.3 Å². The smallest absolute Gasteiger partial charge is 0.0334 e. The van der Waals surface area contributed by atoms with Crippen LogP contribution in [0, 0.1) is 13.8 Å². The molecule has 3 heterocycles. The molecular weight excluding hydrogens is 240 g/mol. The third kappa shape index (κ3) is 2.24. The van der Waals surface area contributed by atoms with Crippen LogP contribution < -0.4 is 5.32 Å². The molecule has 2 aliphatic heterocycles. The highest BCUT2D eigenvalue weighted by Crippen LogP contribution is 2.37. The van der Waals surface area contributed by atoms with E-state index in [9.17, 15) is 0 Å². The van der Waals surface area contributed by atoms with E-state index in [2.05, 4.69) is 37.2 Å². The third-order valence-electron chi connectivity index (χ3n) is 4.85. The van der Waals surface area contributed by atoms with E-state index < -0.39 is 0 Å². The van der Waals surface area contributed by atoms with Crippen molar-refractivity contribution in [3.05, 3.63) is 21.4 Å². The Hall–Kier alpha value is -0.380. The molecule has 0 saturated carbocycles. The van der Waals surface area contributed by atoms with E-state index in [4.69, 9.17) is 0 Å². The molecule has 2 unspecified atom stereocenters. The van der Waals surface area contributed by atoms with Gasteiger partial charge in [0, 0.05) is 34.4 Å². The molecule has 1 aromatic heterocycles. The number of hydrogen-bond donors (Lipinski definition) is 1. The first-order valence-corrected chi connectivity index (χ1v) is 7.98. The summed E-state index contributed by atoms with van der Waals surface area (Å²) >= 11 is 1.99. The van der Waals surface area contributed by atoms with Crippen LogP contribution in [0.1, 0.15) is 41.0 Å². The first-order chi connectivity index (χ1) is 8.67. The minimum atomic E-state index is 0.755. The normalized spacial score (nSPS) is 32.1. The fourth-order valence-electron chi connectivity index (χ4n) is 3.68. The molecule has 0 amide bonds. The van der Waals surface area contributed by atoms with Crippen molar-refractivity contribution in [3.63, 3.8) is 0 Å². The van der Waals surface area contributed by atoms with Crippen LogP contribution in [0.3, 0.4) is 0 Å². The van der Waals surface area contributed by atoms with Crippen molar-refractivity contribution < 1.29 is 0 Å². The molecule has 3 rings (SSSR count). The van der Waals surface area contributed by atoms with Crippen molar-refractivity contribution in [2.45, 2.75) is 64.2 Å². The van der Waals surface area contributed by atoms with Crippen LogP contribution in [0.15, 0.2) is 6.07 Å². The van der Waals surface area contributed by atoms with Gasteiger partial charge in [-0.2, -0.15) is 0 Å². The quantitative estimate of drug-likeness (QED) is 0.902. The van der Waals surface area contributed by atoms with Gasteiger partial charge in [0.2, 0.25) is 0 Å². The Morgan fingerprint density at radius 1 is 1.28 bits per heavy atom. The molecular formula is C15H24N2S. The summed E-state index contributed by atoms with van der Waals surface area (Å²) in [6, 6.07) is 4.79. The molecule has 2 saturated heterocycles.